The maximum absolute atomic E-state index is 8.28. The highest BCUT2D eigenvalue weighted by atomic mass is 35.5. The summed E-state index contributed by atoms with van der Waals surface area (Å²) in [5.74, 6) is 0. The number of aromatic nitrogens is 1. The Bertz CT molecular complexity index is 546. The van der Waals surface area contributed by atoms with E-state index in [9.17, 15) is 0 Å². The second-order valence-electron chi connectivity index (χ2n) is 3.01. The molecule has 1 aromatic carbocycles. The molecule has 0 N–H and O–H groups in total. The molecule has 1 heterocycles. The molecule has 74 valence electrons. The monoisotopic (exact) mass is 218 g/mol. The van der Waals surface area contributed by atoms with Crippen molar-refractivity contribution in [3.05, 3.63) is 51.5 Å². The van der Waals surface area contributed by atoms with Crippen LogP contribution in [0.4, 0.5) is 0 Å². The fraction of sp³-hybridized carbons (Fsp3) is 0.100. The molecule has 4 nitrogen and oxygen atoms in total. The molecule has 0 aliphatic rings. The van der Waals surface area contributed by atoms with Crippen LogP contribution in [0.1, 0.15) is 5.56 Å². The molecule has 5 heteroatoms. The molecule has 1 aromatic heterocycles. The molecule has 2 aromatic rings. The Kier molecular flexibility index (Phi) is 2.72. The molecule has 0 unspecified atom stereocenters. The van der Waals surface area contributed by atoms with Gasteiger partial charge in [0.1, 0.15) is 5.15 Å². The van der Waals surface area contributed by atoms with Crippen molar-refractivity contribution in [2.45, 2.75) is 6.54 Å². The number of nitrogens with zero attached hydrogens (tertiary/aromatic N) is 4. The normalized spacial score (nSPS) is 9.93. The van der Waals surface area contributed by atoms with Gasteiger partial charge in [-0.25, -0.2) is 4.98 Å². The van der Waals surface area contributed by atoms with Gasteiger partial charge in [0.2, 0.25) is 0 Å². The summed E-state index contributed by atoms with van der Waals surface area (Å²) < 4.78 is 0. The first-order valence-electron chi connectivity index (χ1n) is 4.36. The zero-order chi connectivity index (χ0) is 10.7. The predicted octanol–water partition coefficient (Wildman–Crippen LogP) is 3.70. The van der Waals surface area contributed by atoms with Gasteiger partial charge < -0.3 is 0 Å². The number of azide groups is 1. The smallest absolute Gasteiger partial charge is 0.130 e. The predicted molar refractivity (Wildman–Crippen MR) is 59.6 cm³/mol. The van der Waals surface area contributed by atoms with Crippen LogP contribution in [0.5, 0.6) is 0 Å². The highest BCUT2D eigenvalue weighted by molar-refractivity contribution is 6.29. The van der Waals surface area contributed by atoms with Crippen LogP contribution in [0.25, 0.3) is 21.3 Å². The van der Waals surface area contributed by atoms with Crippen molar-refractivity contribution in [3.63, 3.8) is 0 Å². The molecular formula is C10H7ClN4. The van der Waals surface area contributed by atoms with Crippen LogP contribution in [0.15, 0.2) is 35.4 Å². The van der Waals surface area contributed by atoms with Crippen LogP contribution in [0, 0.1) is 0 Å². The summed E-state index contributed by atoms with van der Waals surface area (Å²) in [5, 5.41) is 4.91. The highest BCUT2D eigenvalue weighted by Crippen LogP contribution is 2.21. The van der Waals surface area contributed by atoms with Crippen LogP contribution in [-0.2, 0) is 6.54 Å². The van der Waals surface area contributed by atoms with Gasteiger partial charge in [-0.05, 0) is 23.2 Å². The number of fused-ring (bicyclic) bond motifs is 1. The van der Waals surface area contributed by atoms with Gasteiger partial charge in [-0.1, -0.05) is 34.9 Å². The minimum atomic E-state index is 0.291. The lowest BCUT2D eigenvalue weighted by molar-refractivity contribution is 1.06. The van der Waals surface area contributed by atoms with E-state index in [-0.39, 0.29) is 0 Å². The maximum Gasteiger partial charge on any atom is 0.130 e. The Morgan fingerprint density at radius 2 is 2.20 bits per heavy atom. The quantitative estimate of drug-likeness (QED) is 0.328. The largest absolute Gasteiger partial charge is 0.236 e. The van der Waals surface area contributed by atoms with Gasteiger partial charge >= 0.3 is 0 Å². The van der Waals surface area contributed by atoms with E-state index in [2.05, 4.69) is 15.0 Å². The van der Waals surface area contributed by atoms with E-state index in [1.807, 2.05) is 24.3 Å². The molecule has 0 atom stereocenters. The Labute approximate surface area is 91.1 Å². The molecule has 0 amide bonds. The summed E-state index contributed by atoms with van der Waals surface area (Å²) in [6.45, 7) is 0.291. The average molecular weight is 219 g/mol. The molecule has 0 radical (unpaired) electrons. The molecular weight excluding hydrogens is 212 g/mol. The Hall–Kier alpha value is -1.77. The lowest BCUT2D eigenvalue weighted by atomic mass is 10.1. The van der Waals surface area contributed by atoms with Crippen LogP contribution in [0.3, 0.4) is 0 Å². The summed E-state index contributed by atoms with van der Waals surface area (Å²) in [6, 6.07) is 9.33. The summed E-state index contributed by atoms with van der Waals surface area (Å²) in [4.78, 5) is 6.90. The number of hydrogen-bond donors (Lipinski definition) is 0. The molecule has 0 aliphatic carbocycles. The van der Waals surface area contributed by atoms with Gasteiger partial charge in [0.15, 0.2) is 0 Å². The minimum absolute atomic E-state index is 0.291. The number of halogens is 1. The van der Waals surface area contributed by atoms with Crippen molar-refractivity contribution in [2.24, 2.45) is 5.11 Å². The third-order valence-electron chi connectivity index (χ3n) is 2.07. The van der Waals surface area contributed by atoms with Gasteiger partial charge in [0.25, 0.3) is 0 Å². The van der Waals surface area contributed by atoms with Gasteiger partial charge in [0, 0.05) is 10.3 Å². The molecule has 15 heavy (non-hydrogen) atoms. The summed E-state index contributed by atoms with van der Waals surface area (Å²) >= 11 is 5.86. The molecule has 0 bridgehead atoms. The van der Waals surface area contributed by atoms with Crippen molar-refractivity contribution >= 4 is 22.5 Å². The van der Waals surface area contributed by atoms with Gasteiger partial charge in [0.05, 0.1) is 12.1 Å². The molecule has 0 aliphatic heterocycles. The molecule has 2 rings (SSSR count). The first-order chi connectivity index (χ1) is 7.31. The highest BCUT2D eigenvalue weighted by Gasteiger charge is 2.02. The summed E-state index contributed by atoms with van der Waals surface area (Å²) in [6.07, 6.45) is 0. The average Bonchev–Trinajstić information content (AvgIpc) is 2.25. The third kappa shape index (κ3) is 2.01. The molecule has 0 spiro atoms. The van der Waals surface area contributed by atoms with Gasteiger partial charge in [-0.3, -0.25) is 0 Å². The zero-order valence-corrected chi connectivity index (χ0v) is 8.52. The Balaban J connectivity index is 2.65. The standard InChI is InChI=1S/C10H7ClN4/c11-10-5-7(6-13-15-12)8-3-1-2-4-9(8)14-10/h1-5H,6H2. The SMILES string of the molecule is [N-]=[N+]=NCc1cc(Cl)nc2ccccc12. The fourth-order valence-corrected chi connectivity index (χ4v) is 1.67. The maximum atomic E-state index is 8.28. The molecule has 0 saturated heterocycles. The zero-order valence-electron chi connectivity index (χ0n) is 7.76. The van der Waals surface area contributed by atoms with Crippen LogP contribution in [0.2, 0.25) is 5.15 Å². The van der Waals surface area contributed by atoms with Crippen LogP contribution in [-0.4, -0.2) is 4.98 Å². The fourth-order valence-electron chi connectivity index (χ4n) is 1.45. The number of pyridine rings is 1. The topological polar surface area (TPSA) is 61.7 Å². The van der Waals surface area contributed by atoms with Crippen molar-refractivity contribution in [1.29, 1.82) is 0 Å². The number of hydrogen-bond acceptors (Lipinski definition) is 2. The van der Waals surface area contributed by atoms with E-state index in [0.717, 1.165) is 16.5 Å². The summed E-state index contributed by atoms with van der Waals surface area (Å²) in [5.41, 5.74) is 9.98. The lowest BCUT2D eigenvalue weighted by Crippen LogP contribution is -1.87. The first-order valence-corrected chi connectivity index (χ1v) is 4.74. The van der Waals surface area contributed by atoms with E-state index in [1.54, 1.807) is 6.07 Å². The minimum Gasteiger partial charge on any atom is -0.236 e. The second kappa shape index (κ2) is 4.17. The van der Waals surface area contributed by atoms with Gasteiger partial charge in [-0.2, -0.15) is 0 Å². The molecule has 0 fully saturated rings. The number of benzene rings is 1. The van der Waals surface area contributed by atoms with E-state index in [0.29, 0.717) is 11.7 Å². The number of rotatable bonds is 2. The van der Waals surface area contributed by atoms with E-state index >= 15 is 0 Å². The number of para-hydroxylation sites is 1. The van der Waals surface area contributed by atoms with Crippen molar-refractivity contribution in [1.82, 2.24) is 4.98 Å². The Morgan fingerprint density at radius 1 is 1.40 bits per heavy atom. The first kappa shape index (κ1) is 9.77. The van der Waals surface area contributed by atoms with E-state index in [4.69, 9.17) is 17.1 Å². The third-order valence-corrected chi connectivity index (χ3v) is 2.27. The second-order valence-corrected chi connectivity index (χ2v) is 3.40. The lowest BCUT2D eigenvalue weighted by Gasteiger charge is -2.03. The van der Waals surface area contributed by atoms with Crippen LogP contribution < -0.4 is 0 Å². The van der Waals surface area contributed by atoms with Crippen molar-refractivity contribution in [3.8, 4) is 0 Å². The van der Waals surface area contributed by atoms with E-state index in [1.165, 1.54) is 0 Å². The molecule has 0 saturated carbocycles. The van der Waals surface area contributed by atoms with Gasteiger partial charge in [-0.15, -0.1) is 0 Å². The van der Waals surface area contributed by atoms with Crippen molar-refractivity contribution in [2.75, 3.05) is 0 Å². The van der Waals surface area contributed by atoms with Crippen LogP contribution >= 0.6 is 11.6 Å². The van der Waals surface area contributed by atoms with E-state index < -0.39 is 0 Å². The van der Waals surface area contributed by atoms with Crippen molar-refractivity contribution < 1.29 is 0 Å². The Morgan fingerprint density at radius 3 is 3.00 bits per heavy atom. The summed E-state index contributed by atoms with van der Waals surface area (Å²) in [7, 11) is 0.